The van der Waals surface area contributed by atoms with Gasteiger partial charge in [0.2, 0.25) is 5.78 Å². The van der Waals surface area contributed by atoms with E-state index in [4.69, 9.17) is 0 Å². The van der Waals surface area contributed by atoms with Gasteiger partial charge in [0, 0.05) is 17.8 Å². The Kier molecular flexibility index (Phi) is 5.81. The predicted octanol–water partition coefficient (Wildman–Crippen LogP) is 5.42. The van der Waals surface area contributed by atoms with Crippen molar-refractivity contribution in [3.63, 3.8) is 0 Å². The van der Waals surface area contributed by atoms with E-state index in [0.717, 1.165) is 42.7 Å². The summed E-state index contributed by atoms with van der Waals surface area (Å²) in [4.78, 5) is 38.3. The third-order valence-electron chi connectivity index (χ3n) is 6.45. The van der Waals surface area contributed by atoms with Gasteiger partial charge >= 0.3 is 0 Å². The van der Waals surface area contributed by atoms with Gasteiger partial charge in [0.05, 0.1) is 21.8 Å². The van der Waals surface area contributed by atoms with Crippen LogP contribution in [0.15, 0.2) is 66.1 Å². The highest BCUT2D eigenvalue weighted by Crippen LogP contribution is 2.43. The Labute approximate surface area is 196 Å². The van der Waals surface area contributed by atoms with Gasteiger partial charge in [-0.1, -0.05) is 55.7 Å². The molecule has 168 valence electrons. The molecule has 0 radical (unpaired) electrons. The number of benzene rings is 1. The molecule has 1 N–H and O–H groups in total. The number of carbonyl (C=O) groups excluding carboxylic acids is 2. The molecule has 0 bridgehead atoms. The number of rotatable bonds is 5. The van der Waals surface area contributed by atoms with E-state index in [2.05, 4.69) is 9.97 Å². The molecule has 1 aliphatic heterocycles. The van der Waals surface area contributed by atoms with Gasteiger partial charge in [0.15, 0.2) is 5.76 Å². The number of ketones is 1. The molecule has 0 spiro atoms. The summed E-state index contributed by atoms with van der Waals surface area (Å²) in [5, 5.41) is 11.7. The van der Waals surface area contributed by atoms with Gasteiger partial charge in [-0.25, -0.2) is 4.98 Å². The molecule has 3 heterocycles. The number of aliphatic hydroxyl groups excluding tert-OH is 1. The van der Waals surface area contributed by atoms with Crippen LogP contribution in [0, 0.1) is 6.92 Å². The van der Waals surface area contributed by atoms with Crippen molar-refractivity contribution < 1.29 is 14.7 Å². The SMILES string of the molecule is Cc1nc(-c2ccccc2)sc1C(=O)C1=C(O)C(=O)N(C2CCCCC2)C1c1ccccn1. The highest BCUT2D eigenvalue weighted by Gasteiger charge is 2.47. The zero-order valence-electron chi connectivity index (χ0n) is 18.4. The van der Waals surface area contributed by atoms with Crippen molar-refractivity contribution in [3.05, 3.63) is 82.3 Å². The van der Waals surface area contributed by atoms with E-state index in [9.17, 15) is 14.7 Å². The van der Waals surface area contributed by atoms with Crippen LogP contribution < -0.4 is 0 Å². The zero-order valence-corrected chi connectivity index (χ0v) is 19.2. The lowest BCUT2D eigenvalue weighted by molar-refractivity contribution is -0.132. The van der Waals surface area contributed by atoms with Gasteiger partial charge in [-0.05, 0) is 31.9 Å². The minimum atomic E-state index is -0.698. The molecule has 2 aliphatic rings. The molecule has 6 nitrogen and oxygen atoms in total. The summed E-state index contributed by atoms with van der Waals surface area (Å²) in [6.07, 6.45) is 6.58. The fraction of sp³-hybridized carbons (Fsp3) is 0.308. The van der Waals surface area contributed by atoms with E-state index in [1.807, 2.05) is 42.5 Å². The average Bonchev–Trinajstić information content (AvgIpc) is 3.38. The Morgan fingerprint density at radius 2 is 1.79 bits per heavy atom. The number of pyridine rings is 1. The number of hydrogen-bond acceptors (Lipinski definition) is 6. The number of aromatic nitrogens is 2. The number of amides is 1. The van der Waals surface area contributed by atoms with Crippen LogP contribution >= 0.6 is 11.3 Å². The first-order valence-electron chi connectivity index (χ1n) is 11.3. The van der Waals surface area contributed by atoms with Crippen LogP contribution in [0.2, 0.25) is 0 Å². The summed E-state index contributed by atoms with van der Waals surface area (Å²) in [5.74, 6) is -1.30. The standard InChI is InChI=1S/C26H25N3O3S/c1-16-24(33-25(28-16)17-10-4-2-5-11-17)22(30)20-21(19-14-8-9-15-27-19)29(26(32)23(20)31)18-12-6-3-7-13-18/h2,4-5,8-11,14-15,18,21,31H,3,6-7,12-13H2,1H3. The topological polar surface area (TPSA) is 83.4 Å². The van der Waals surface area contributed by atoms with Crippen LogP contribution in [0.25, 0.3) is 10.6 Å². The van der Waals surface area contributed by atoms with Crippen LogP contribution in [-0.4, -0.2) is 37.7 Å². The van der Waals surface area contributed by atoms with Gasteiger partial charge in [-0.2, -0.15) is 0 Å². The van der Waals surface area contributed by atoms with E-state index in [1.165, 1.54) is 11.3 Å². The summed E-state index contributed by atoms with van der Waals surface area (Å²) in [6, 6.07) is 14.4. The molecule has 7 heteroatoms. The Morgan fingerprint density at radius 3 is 2.48 bits per heavy atom. The number of aliphatic hydroxyl groups is 1. The van der Waals surface area contributed by atoms with Crippen LogP contribution in [-0.2, 0) is 4.79 Å². The van der Waals surface area contributed by atoms with Gasteiger partial charge in [0.1, 0.15) is 11.0 Å². The zero-order chi connectivity index (χ0) is 22.9. The molecule has 3 aromatic rings. The van der Waals surface area contributed by atoms with Crippen LogP contribution in [0.5, 0.6) is 0 Å². The number of aryl methyl sites for hydroxylation is 1. The lowest BCUT2D eigenvalue weighted by Crippen LogP contribution is -2.41. The molecule has 1 unspecified atom stereocenters. The second-order valence-corrected chi connectivity index (χ2v) is 9.55. The second kappa shape index (κ2) is 8.90. The number of carbonyl (C=O) groups is 2. The molecular weight excluding hydrogens is 434 g/mol. The summed E-state index contributed by atoms with van der Waals surface area (Å²) in [5.41, 5.74) is 2.22. The van der Waals surface area contributed by atoms with Crippen molar-refractivity contribution in [1.29, 1.82) is 0 Å². The number of Topliss-reactive ketones (excluding diaryl/α,β-unsaturated/α-hetero) is 1. The highest BCUT2D eigenvalue weighted by atomic mass is 32.1. The molecule has 5 rings (SSSR count). The lowest BCUT2D eigenvalue weighted by Gasteiger charge is -2.36. The fourth-order valence-electron chi connectivity index (χ4n) is 4.85. The normalized spacial score (nSPS) is 19.4. The maximum Gasteiger partial charge on any atom is 0.290 e. The molecule has 1 fully saturated rings. The smallest absolute Gasteiger partial charge is 0.290 e. The minimum absolute atomic E-state index is 0.0202. The van der Waals surface area contributed by atoms with E-state index in [1.54, 1.807) is 24.1 Å². The molecule has 33 heavy (non-hydrogen) atoms. The minimum Gasteiger partial charge on any atom is -0.503 e. The van der Waals surface area contributed by atoms with Gasteiger partial charge in [-0.15, -0.1) is 11.3 Å². The second-order valence-electron chi connectivity index (χ2n) is 8.55. The quantitative estimate of drug-likeness (QED) is 0.515. The van der Waals surface area contributed by atoms with Crippen molar-refractivity contribution in [2.75, 3.05) is 0 Å². The monoisotopic (exact) mass is 459 g/mol. The Bertz CT molecular complexity index is 1210. The molecular formula is C26H25N3O3S. The molecule has 1 atom stereocenters. The van der Waals surface area contributed by atoms with Crippen LogP contribution in [0.1, 0.15) is 59.2 Å². The predicted molar refractivity (Wildman–Crippen MR) is 127 cm³/mol. The fourth-order valence-corrected chi connectivity index (χ4v) is 5.88. The first kappa shape index (κ1) is 21.5. The van der Waals surface area contributed by atoms with E-state index in [0.29, 0.717) is 16.3 Å². The maximum absolute atomic E-state index is 13.8. The third-order valence-corrected chi connectivity index (χ3v) is 7.65. The van der Waals surface area contributed by atoms with Gasteiger partial charge < -0.3 is 10.0 Å². The number of hydrogen-bond donors (Lipinski definition) is 1. The van der Waals surface area contributed by atoms with Gasteiger partial charge in [-0.3, -0.25) is 14.6 Å². The number of nitrogens with zero attached hydrogens (tertiary/aromatic N) is 3. The van der Waals surface area contributed by atoms with Gasteiger partial charge in [0.25, 0.3) is 5.91 Å². The largest absolute Gasteiger partial charge is 0.503 e. The van der Waals surface area contributed by atoms with Crippen molar-refractivity contribution in [2.24, 2.45) is 0 Å². The summed E-state index contributed by atoms with van der Waals surface area (Å²) >= 11 is 1.29. The lowest BCUT2D eigenvalue weighted by atomic mass is 9.91. The molecule has 1 aliphatic carbocycles. The van der Waals surface area contributed by atoms with Crippen LogP contribution in [0.4, 0.5) is 0 Å². The van der Waals surface area contributed by atoms with E-state index < -0.39 is 17.7 Å². The highest BCUT2D eigenvalue weighted by molar-refractivity contribution is 7.17. The Hall–Kier alpha value is -3.32. The first-order valence-corrected chi connectivity index (χ1v) is 12.1. The average molecular weight is 460 g/mol. The Morgan fingerprint density at radius 1 is 1.06 bits per heavy atom. The van der Waals surface area contributed by atoms with Crippen molar-refractivity contribution in [1.82, 2.24) is 14.9 Å². The molecule has 2 aromatic heterocycles. The summed E-state index contributed by atoms with van der Waals surface area (Å²) in [6.45, 7) is 1.79. The third kappa shape index (κ3) is 3.86. The summed E-state index contributed by atoms with van der Waals surface area (Å²) < 4.78 is 0. The maximum atomic E-state index is 13.8. The van der Waals surface area contributed by atoms with Crippen molar-refractivity contribution in [3.8, 4) is 10.6 Å². The summed E-state index contributed by atoms with van der Waals surface area (Å²) in [7, 11) is 0. The Balaban J connectivity index is 1.57. The van der Waals surface area contributed by atoms with Crippen molar-refractivity contribution >= 4 is 23.0 Å². The van der Waals surface area contributed by atoms with Crippen molar-refractivity contribution in [2.45, 2.75) is 51.1 Å². The molecule has 0 saturated heterocycles. The van der Waals surface area contributed by atoms with Crippen LogP contribution in [0.3, 0.4) is 0 Å². The number of thiazole rings is 1. The molecule has 1 amide bonds. The first-order chi connectivity index (χ1) is 16.1. The van der Waals surface area contributed by atoms with E-state index in [-0.39, 0.29) is 17.4 Å². The molecule has 1 saturated carbocycles. The molecule has 1 aromatic carbocycles. The van der Waals surface area contributed by atoms with E-state index >= 15 is 0 Å².